The first-order valence-corrected chi connectivity index (χ1v) is 10.0. The summed E-state index contributed by atoms with van der Waals surface area (Å²) in [5.41, 5.74) is 4.29. The zero-order chi connectivity index (χ0) is 18.8. The Balaban J connectivity index is 2.04. The zero-order valence-electron chi connectivity index (χ0n) is 17.1. The van der Waals surface area contributed by atoms with Crippen molar-refractivity contribution in [2.45, 2.75) is 58.4 Å². The summed E-state index contributed by atoms with van der Waals surface area (Å²) in [4.78, 5) is 2.39. The largest absolute Gasteiger partial charge is 0.385 e. The Morgan fingerprint density at radius 3 is 2.54 bits per heavy atom. The second kappa shape index (κ2) is 10.9. The van der Waals surface area contributed by atoms with Crippen LogP contribution < -0.4 is 0 Å². The van der Waals surface area contributed by atoms with Crippen LogP contribution in [0.3, 0.4) is 0 Å². The molecule has 0 spiro atoms. The molecule has 0 saturated heterocycles. The van der Waals surface area contributed by atoms with Gasteiger partial charge in [0.1, 0.15) is 0 Å². The lowest BCUT2D eigenvalue weighted by Crippen LogP contribution is -2.27. The molecule has 0 aromatic carbocycles. The van der Waals surface area contributed by atoms with E-state index in [-0.39, 0.29) is 0 Å². The molecule has 0 aliphatic heterocycles. The van der Waals surface area contributed by atoms with E-state index in [4.69, 9.17) is 9.47 Å². The van der Waals surface area contributed by atoms with Gasteiger partial charge in [-0.1, -0.05) is 19.4 Å². The van der Waals surface area contributed by atoms with Crippen molar-refractivity contribution in [2.24, 2.45) is 5.41 Å². The number of H-pyrrole nitrogens is 1. The van der Waals surface area contributed by atoms with Crippen molar-refractivity contribution < 1.29 is 9.47 Å². The number of nitrogens with one attached hydrogen (secondary N) is 1. The number of allylic oxidation sites excluding steroid dienone is 2. The van der Waals surface area contributed by atoms with Gasteiger partial charge in [0.25, 0.3) is 0 Å². The van der Waals surface area contributed by atoms with E-state index in [1.807, 2.05) is 6.20 Å². The maximum Gasteiger partial charge on any atom is 0.0651 e. The van der Waals surface area contributed by atoms with Gasteiger partial charge in [0.05, 0.1) is 11.9 Å². The molecule has 1 aromatic heterocycles. The third kappa shape index (κ3) is 5.93. The molecule has 1 N–H and O–H groups in total. The van der Waals surface area contributed by atoms with E-state index in [9.17, 15) is 0 Å². The minimum atomic E-state index is 0.313. The number of hydrogen-bond donors (Lipinski definition) is 1. The predicted octanol–water partition coefficient (Wildman–Crippen LogP) is 4.27. The first kappa shape index (κ1) is 21.1. The smallest absolute Gasteiger partial charge is 0.0651 e. The minimum Gasteiger partial charge on any atom is -0.385 e. The van der Waals surface area contributed by atoms with Gasteiger partial charge in [-0.2, -0.15) is 5.10 Å². The number of aromatic nitrogens is 2. The van der Waals surface area contributed by atoms with Crippen LogP contribution in [-0.4, -0.2) is 56.1 Å². The molecule has 0 amide bonds. The summed E-state index contributed by atoms with van der Waals surface area (Å²) in [6.07, 6.45) is 12.5. The van der Waals surface area contributed by atoms with Gasteiger partial charge in [-0.05, 0) is 63.1 Å². The van der Waals surface area contributed by atoms with Crippen LogP contribution in [0.4, 0.5) is 0 Å². The standard InChI is InChI=1S/C21H37N3O2/c1-5-6-13-24(2)17-19-16-22-23-20(19)18-7-9-21(10-8-18,11-14-25-3)12-15-26-4/h7,16H,5-6,8-15,17H2,1-4H3,(H,22,23). The first-order valence-electron chi connectivity index (χ1n) is 10.0. The highest BCUT2D eigenvalue weighted by molar-refractivity contribution is 5.65. The van der Waals surface area contributed by atoms with Gasteiger partial charge < -0.3 is 14.4 Å². The van der Waals surface area contributed by atoms with Gasteiger partial charge in [-0.25, -0.2) is 0 Å². The van der Waals surface area contributed by atoms with Gasteiger partial charge in [0.2, 0.25) is 0 Å². The lowest BCUT2D eigenvalue weighted by molar-refractivity contribution is 0.0862. The van der Waals surface area contributed by atoms with E-state index in [1.165, 1.54) is 36.1 Å². The maximum atomic E-state index is 5.36. The number of aromatic amines is 1. The monoisotopic (exact) mass is 363 g/mol. The molecule has 5 nitrogen and oxygen atoms in total. The summed E-state index contributed by atoms with van der Waals surface area (Å²) >= 11 is 0. The Morgan fingerprint density at radius 2 is 1.96 bits per heavy atom. The highest BCUT2D eigenvalue weighted by atomic mass is 16.5. The van der Waals surface area contributed by atoms with Crippen LogP contribution in [0.2, 0.25) is 0 Å². The van der Waals surface area contributed by atoms with Crippen LogP contribution in [0, 0.1) is 5.41 Å². The quantitative estimate of drug-likeness (QED) is 0.602. The molecule has 5 heteroatoms. The number of hydrogen-bond acceptors (Lipinski definition) is 4. The van der Waals surface area contributed by atoms with Gasteiger partial charge in [-0.15, -0.1) is 0 Å². The van der Waals surface area contributed by atoms with Gasteiger partial charge in [0, 0.05) is 39.5 Å². The van der Waals surface area contributed by atoms with Gasteiger partial charge >= 0.3 is 0 Å². The van der Waals surface area contributed by atoms with Crippen LogP contribution in [0.25, 0.3) is 5.57 Å². The van der Waals surface area contributed by atoms with E-state index in [1.54, 1.807) is 14.2 Å². The van der Waals surface area contributed by atoms with Gasteiger partial charge in [0.15, 0.2) is 0 Å². The van der Waals surface area contributed by atoms with Crippen molar-refractivity contribution in [3.05, 3.63) is 23.5 Å². The highest BCUT2D eigenvalue weighted by Gasteiger charge is 2.32. The molecule has 1 aliphatic carbocycles. The Kier molecular flexibility index (Phi) is 8.82. The highest BCUT2D eigenvalue weighted by Crippen LogP contribution is 2.44. The average Bonchev–Trinajstić information content (AvgIpc) is 3.11. The van der Waals surface area contributed by atoms with Crippen LogP contribution in [0.5, 0.6) is 0 Å². The molecule has 0 bridgehead atoms. The Hall–Kier alpha value is -1.17. The Bertz CT molecular complexity index is 545. The fourth-order valence-corrected chi connectivity index (χ4v) is 3.89. The molecule has 148 valence electrons. The molecule has 0 radical (unpaired) electrons. The number of unbranched alkanes of at least 4 members (excludes halogenated alkanes) is 1. The average molecular weight is 364 g/mol. The molecule has 2 rings (SSSR count). The van der Waals surface area contributed by atoms with Gasteiger partial charge in [-0.3, -0.25) is 5.10 Å². The third-order valence-corrected chi connectivity index (χ3v) is 5.75. The molecule has 1 aromatic rings. The van der Waals surface area contributed by atoms with Crippen molar-refractivity contribution in [3.8, 4) is 0 Å². The van der Waals surface area contributed by atoms with Crippen LogP contribution in [-0.2, 0) is 16.0 Å². The molecule has 1 heterocycles. The molecule has 0 fully saturated rings. The molecule has 26 heavy (non-hydrogen) atoms. The van der Waals surface area contributed by atoms with Crippen LogP contribution in [0.1, 0.15) is 63.1 Å². The SMILES string of the molecule is CCCCN(C)Cc1cn[nH]c1C1=CCC(CCOC)(CCOC)CC1. The minimum absolute atomic E-state index is 0.313. The fourth-order valence-electron chi connectivity index (χ4n) is 3.89. The Labute approximate surface area is 159 Å². The van der Waals surface area contributed by atoms with E-state index < -0.39 is 0 Å². The second-order valence-corrected chi connectivity index (χ2v) is 7.78. The van der Waals surface area contributed by atoms with E-state index in [0.717, 1.165) is 52.0 Å². The lowest BCUT2D eigenvalue weighted by atomic mass is 9.70. The van der Waals surface area contributed by atoms with Crippen molar-refractivity contribution in [1.82, 2.24) is 15.1 Å². The fraction of sp³-hybridized carbons (Fsp3) is 0.762. The molecule has 0 saturated carbocycles. The van der Waals surface area contributed by atoms with Crippen molar-refractivity contribution in [3.63, 3.8) is 0 Å². The molecular formula is C21H37N3O2. The van der Waals surface area contributed by atoms with E-state index in [0.29, 0.717) is 5.41 Å². The van der Waals surface area contributed by atoms with Crippen LogP contribution in [0.15, 0.2) is 12.3 Å². The topological polar surface area (TPSA) is 50.4 Å². The van der Waals surface area contributed by atoms with Crippen molar-refractivity contribution >= 4 is 5.57 Å². The number of nitrogens with zero attached hydrogens (tertiary/aromatic N) is 2. The molecule has 1 aliphatic rings. The van der Waals surface area contributed by atoms with Crippen LogP contribution >= 0.6 is 0 Å². The predicted molar refractivity (Wildman–Crippen MR) is 107 cm³/mol. The number of ether oxygens (including phenoxy) is 2. The maximum absolute atomic E-state index is 5.36. The van der Waals surface area contributed by atoms with E-state index >= 15 is 0 Å². The molecular weight excluding hydrogens is 326 g/mol. The normalized spacial score (nSPS) is 16.9. The first-order chi connectivity index (χ1) is 12.6. The molecule has 0 atom stereocenters. The summed E-state index contributed by atoms with van der Waals surface area (Å²) in [5, 5.41) is 7.59. The third-order valence-electron chi connectivity index (χ3n) is 5.75. The Morgan fingerprint density at radius 1 is 1.23 bits per heavy atom. The summed E-state index contributed by atoms with van der Waals surface area (Å²) in [6, 6.07) is 0. The summed E-state index contributed by atoms with van der Waals surface area (Å²) in [7, 11) is 5.78. The summed E-state index contributed by atoms with van der Waals surface area (Å²) in [5.74, 6) is 0. The van der Waals surface area contributed by atoms with E-state index in [2.05, 4.69) is 35.1 Å². The zero-order valence-corrected chi connectivity index (χ0v) is 17.1. The lowest BCUT2D eigenvalue weighted by Gasteiger charge is -2.36. The number of methoxy groups -OCH3 is 2. The number of rotatable bonds is 12. The second-order valence-electron chi connectivity index (χ2n) is 7.78. The molecule has 0 unspecified atom stereocenters. The summed E-state index contributed by atoms with van der Waals surface area (Å²) in [6.45, 7) is 5.98. The van der Waals surface area contributed by atoms with Crippen molar-refractivity contribution in [1.29, 1.82) is 0 Å². The summed E-state index contributed by atoms with van der Waals surface area (Å²) < 4.78 is 10.7. The van der Waals surface area contributed by atoms with Crippen molar-refractivity contribution in [2.75, 3.05) is 41.0 Å².